The second kappa shape index (κ2) is 16.2. The minimum atomic E-state index is 1.09. The lowest BCUT2D eigenvalue weighted by Gasteiger charge is -2.26. The van der Waals surface area contributed by atoms with Crippen molar-refractivity contribution in [2.45, 2.75) is 0 Å². The topological polar surface area (TPSA) is 8.17 Å². The molecular formula is C64H42N2S. The Morgan fingerprint density at radius 2 is 0.836 bits per heavy atom. The van der Waals surface area contributed by atoms with Gasteiger partial charge in [0.05, 0.1) is 11.0 Å². The third kappa shape index (κ3) is 6.79. The Kier molecular flexibility index (Phi) is 9.40. The Bertz CT molecular complexity index is 3950. The van der Waals surface area contributed by atoms with Crippen LogP contribution in [-0.4, -0.2) is 4.57 Å². The summed E-state index contributed by atoms with van der Waals surface area (Å²) in [4.78, 5) is 2.38. The van der Waals surface area contributed by atoms with Crippen LogP contribution >= 0.6 is 11.3 Å². The molecular weight excluding hydrogens is 829 g/mol. The van der Waals surface area contributed by atoms with E-state index in [1.54, 1.807) is 0 Å². The van der Waals surface area contributed by atoms with Gasteiger partial charge in [0.1, 0.15) is 0 Å². The van der Waals surface area contributed by atoms with E-state index >= 15 is 0 Å². The molecule has 0 bridgehead atoms. The van der Waals surface area contributed by atoms with Gasteiger partial charge in [0.2, 0.25) is 0 Å². The van der Waals surface area contributed by atoms with E-state index in [9.17, 15) is 0 Å². The highest BCUT2D eigenvalue weighted by atomic mass is 32.1. The zero-order valence-corrected chi connectivity index (χ0v) is 37.4. The molecule has 2 nitrogen and oxygen atoms in total. The number of anilines is 3. The first kappa shape index (κ1) is 38.9. The monoisotopic (exact) mass is 870 g/mol. The van der Waals surface area contributed by atoms with E-state index in [-0.39, 0.29) is 0 Å². The van der Waals surface area contributed by atoms with Crippen LogP contribution < -0.4 is 4.90 Å². The molecule has 0 saturated carbocycles. The molecule has 0 amide bonds. The fourth-order valence-corrected chi connectivity index (χ4v) is 11.3. The molecule has 2 heterocycles. The molecule has 3 heteroatoms. The van der Waals surface area contributed by atoms with E-state index in [0.717, 1.165) is 17.1 Å². The molecule has 11 aromatic carbocycles. The fraction of sp³-hybridized carbons (Fsp3) is 0. The highest BCUT2D eigenvalue weighted by Crippen LogP contribution is 2.43. The van der Waals surface area contributed by atoms with Gasteiger partial charge in [-0.15, -0.1) is 11.3 Å². The van der Waals surface area contributed by atoms with Crippen molar-refractivity contribution in [3.63, 3.8) is 0 Å². The van der Waals surface area contributed by atoms with Crippen LogP contribution in [0.15, 0.2) is 255 Å². The molecule has 0 aliphatic heterocycles. The molecule has 0 aliphatic carbocycles. The number of benzene rings is 11. The van der Waals surface area contributed by atoms with Crippen LogP contribution in [0.25, 0.3) is 103 Å². The maximum atomic E-state index is 2.45. The van der Waals surface area contributed by atoms with E-state index in [1.807, 2.05) is 11.3 Å². The van der Waals surface area contributed by atoms with E-state index in [1.165, 1.54) is 103 Å². The second-order valence-electron chi connectivity index (χ2n) is 17.3. The van der Waals surface area contributed by atoms with Gasteiger partial charge in [0.15, 0.2) is 0 Å². The summed E-state index contributed by atoms with van der Waals surface area (Å²) in [7, 11) is 0. The number of nitrogens with zero attached hydrogens (tertiary/aromatic N) is 2. The van der Waals surface area contributed by atoms with E-state index in [2.05, 4.69) is 264 Å². The van der Waals surface area contributed by atoms with Gasteiger partial charge in [-0.3, -0.25) is 0 Å². The predicted molar refractivity (Wildman–Crippen MR) is 288 cm³/mol. The number of hydrogen-bond acceptors (Lipinski definition) is 2. The minimum Gasteiger partial charge on any atom is -0.310 e. The largest absolute Gasteiger partial charge is 0.310 e. The first-order chi connectivity index (χ1) is 33.2. The van der Waals surface area contributed by atoms with Gasteiger partial charge in [0.25, 0.3) is 0 Å². The molecule has 0 unspecified atom stereocenters. The molecule has 0 atom stereocenters. The minimum absolute atomic E-state index is 1.09. The molecule has 0 radical (unpaired) electrons. The molecule has 0 saturated heterocycles. The smallest absolute Gasteiger partial charge is 0.0547 e. The van der Waals surface area contributed by atoms with Gasteiger partial charge >= 0.3 is 0 Å². The van der Waals surface area contributed by atoms with Crippen LogP contribution in [0.3, 0.4) is 0 Å². The van der Waals surface area contributed by atoms with Crippen LogP contribution in [0.1, 0.15) is 0 Å². The van der Waals surface area contributed by atoms with Crippen molar-refractivity contribution in [2.24, 2.45) is 0 Å². The van der Waals surface area contributed by atoms with Crippen molar-refractivity contribution >= 4 is 81.1 Å². The average Bonchev–Trinajstić information content (AvgIpc) is 3.95. The van der Waals surface area contributed by atoms with Gasteiger partial charge in [-0.05, 0) is 122 Å². The second-order valence-corrected chi connectivity index (χ2v) is 18.4. The Balaban J connectivity index is 0.903. The van der Waals surface area contributed by atoms with E-state index in [0.29, 0.717) is 0 Å². The fourth-order valence-electron chi connectivity index (χ4n) is 10.2. The van der Waals surface area contributed by atoms with Crippen LogP contribution in [-0.2, 0) is 0 Å². The van der Waals surface area contributed by atoms with Crippen molar-refractivity contribution in [1.82, 2.24) is 4.57 Å². The Morgan fingerprint density at radius 3 is 1.61 bits per heavy atom. The molecule has 0 fully saturated rings. The first-order valence-corrected chi connectivity index (χ1v) is 23.7. The molecule has 13 aromatic rings. The maximum absolute atomic E-state index is 2.45. The van der Waals surface area contributed by atoms with Crippen LogP contribution in [0.2, 0.25) is 0 Å². The number of rotatable bonds is 8. The SMILES string of the molecule is c1ccc(-c2ccc(N(c3ccc(-c4ccc(-c5cccc6ccccc56)cc4)cc3)c3cccc(-c4cccc5c4c4ccccc4n5-c4ccc5c(c4)sc4ccccc45)c3)cc2)cc1. The van der Waals surface area contributed by atoms with E-state index < -0.39 is 0 Å². The third-order valence-electron chi connectivity index (χ3n) is 13.4. The quantitative estimate of drug-likeness (QED) is 0.148. The molecule has 314 valence electrons. The number of aromatic nitrogens is 1. The summed E-state index contributed by atoms with van der Waals surface area (Å²) in [6.45, 7) is 0. The summed E-state index contributed by atoms with van der Waals surface area (Å²) in [6, 6.07) is 93.1. The predicted octanol–water partition coefficient (Wildman–Crippen LogP) is 18.4. The standard InChI is InChI=1S/C64H42N2S/c1-2-13-43(14-3-1)45-31-35-50(36-32-45)65(51-37-33-46(34-38-51)44-27-29-48(30-28-44)55-22-11-16-47-15-4-5-19-54(47)55)52-18-10-17-49(41-52)56-23-12-25-61-64(56)59-21-6-8-24-60(59)66(61)53-39-40-58-57-20-7-9-26-62(57)67-63(58)42-53/h1-42H. The average molecular weight is 871 g/mol. The first-order valence-electron chi connectivity index (χ1n) is 22.9. The van der Waals surface area contributed by atoms with Crippen molar-refractivity contribution in [3.05, 3.63) is 255 Å². The van der Waals surface area contributed by atoms with Gasteiger partial charge in [-0.1, -0.05) is 188 Å². The van der Waals surface area contributed by atoms with Gasteiger partial charge in [-0.25, -0.2) is 0 Å². The van der Waals surface area contributed by atoms with Crippen LogP contribution in [0.4, 0.5) is 17.1 Å². The third-order valence-corrected chi connectivity index (χ3v) is 14.5. The number of hydrogen-bond donors (Lipinski definition) is 0. The normalized spacial score (nSPS) is 11.6. The summed E-state index contributed by atoms with van der Waals surface area (Å²) in [5.74, 6) is 0. The van der Waals surface area contributed by atoms with Crippen molar-refractivity contribution in [3.8, 4) is 50.2 Å². The van der Waals surface area contributed by atoms with Crippen LogP contribution in [0, 0.1) is 0 Å². The number of fused-ring (bicyclic) bond motifs is 7. The molecule has 0 aliphatic rings. The lowest BCUT2D eigenvalue weighted by molar-refractivity contribution is 1.19. The zero-order valence-electron chi connectivity index (χ0n) is 36.6. The van der Waals surface area contributed by atoms with Crippen LogP contribution in [0.5, 0.6) is 0 Å². The molecule has 13 rings (SSSR count). The number of para-hydroxylation sites is 1. The molecule has 0 N–H and O–H groups in total. The highest BCUT2D eigenvalue weighted by molar-refractivity contribution is 7.25. The Hall–Kier alpha value is -8.50. The maximum Gasteiger partial charge on any atom is 0.0547 e. The summed E-state index contributed by atoms with van der Waals surface area (Å²) in [6.07, 6.45) is 0. The molecule has 2 aromatic heterocycles. The van der Waals surface area contributed by atoms with Crippen molar-refractivity contribution in [1.29, 1.82) is 0 Å². The zero-order chi connectivity index (χ0) is 44.3. The summed E-state index contributed by atoms with van der Waals surface area (Å²) in [5, 5.41) is 7.64. The van der Waals surface area contributed by atoms with Crippen molar-refractivity contribution < 1.29 is 0 Å². The van der Waals surface area contributed by atoms with E-state index in [4.69, 9.17) is 0 Å². The van der Waals surface area contributed by atoms with Gasteiger partial charge < -0.3 is 9.47 Å². The lowest BCUT2D eigenvalue weighted by atomic mass is 9.96. The van der Waals surface area contributed by atoms with Gasteiger partial charge in [0, 0.05) is 53.7 Å². The molecule has 67 heavy (non-hydrogen) atoms. The van der Waals surface area contributed by atoms with Crippen molar-refractivity contribution in [2.75, 3.05) is 4.90 Å². The Labute approximate surface area is 393 Å². The molecule has 0 spiro atoms. The summed E-state index contributed by atoms with van der Waals surface area (Å²) >= 11 is 1.87. The lowest BCUT2D eigenvalue weighted by Crippen LogP contribution is -2.10. The summed E-state index contributed by atoms with van der Waals surface area (Å²) < 4.78 is 5.06. The summed E-state index contributed by atoms with van der Waals surface area (Å²) in [5.41, 5.74) is 16.4. The Morgan fingerprint density at radius 1 is 0.299 bits per heavy atom. The van der Waals surface area contributed by atoms with Gasteiger partial charge in [-0.2, -0.15) is 0 Å². The number of thiophene rings is 1. The highest BCUT2D eigenvalue weighted by Gasteiger charge is 2.19.